The summed E-state index contributed by atoms with van der Waals surface area (Å²) in [5.41, 5.74) is 0.981. The van der Waals surface area contributed by atoms with Crippen LogP contribution in [0.5, 0.6) is 0 Å². The number of halogens is 1. The lowest BCUT2D eigenvalue weighted by Crippen LogP contribution is -2.14. The number of amides is 2. The van der Waals surface area contributed by atoms with Gasteiger partial charge in [0.15, 0.2) is 5.13 Å². The Morgan fingerprint density at radius 1 is 0.958 bits per heavy atom. The first kappa shape index (κ1) is 15.8. The molecule has 1 aromatic heterocycles. The fraction of sp³-hybridized carbons (Fsp3) is 0. The average Bonchev–Trinajstić information content (AvgIpc) is 3.04. The Balaban J connectivity index is 1.67. The van der Waals surface area contributed by atoms with Crippen LogP contribution in [0, 0.1) is 5.82 Å². The van der Waals surface area contributed by atoms with Crippen molar-refractivity contribution in [3.8, 4) is 0 Å². The predicted molar refractivity (Wildman–Crippen MR) is 90.9 cm³/mol. The third-order valence-electron chi connectivity index (χ3n) is 3.08. The van der Waals surface area contributed by atoms with Gasteiger partial charge in [-0.25, -0.2) is 9.37 Å². The molecular weight excluding hydrogens is 329 g/mol. The smallest absolute Gasteiger partial charge is 0.275 e. The van der Waals surface area contributed by atoms with Gasteiger partial charge in [-0.3, -0.25) is 14.9 Å². The van der Waals surface area contributed by atoms with Crippen molar-refractivity contribution in [2.75, 3.05) is 10.6 Å². The molecule has 0 bridgehead atoms. The van der Waals surface area contributed by atoms with Gasteiger partial charge in [-0.05, 0) is 30.3 Å². The maximum atomic E-state index is 13.1. The highest BCUT2D eigenvalue weighted by molar-refractivity contribution is 7.14. The Labute approximate surface area is 141 Å². The minimum Gasteiger partial charge on any atom is -0.321 e. The molecule has 2 amide bonds. The first-order valence-electron chi connectivity index (χ1n) is 7.00. The van der Waals surface area contributed by atoms with Gasteiger partial charge in [0, 0.05) is 16.6 Å². The maximum Gasteiger partial charge on any atom is 0.275 e. The first-order chi connectivity index (χ1) is 11.6. The van der Waals surface area contributed by atoms with Gasteiger partial charge >= 0.3 is 0 Å². The standard InChI is InChI=1S/C17H12FN3O2S/c18-12-7-4-8-13(9-12)19-16(23)14-10-24-17(20-14)21-15(22)11-5-2-1-3-6-11/h1-10H,(H,19,23)(H,20,21,22). The van der Waals surface area contributed by atoms with Crippen molar-refractivity contribution in [2.24, 2.45) is 0 Å². The van der Waals surface area contributed by atoms with Gasteiger partial charge in [-0.1, -0.05) is 24.3 Å². The number of benzene rings is 2. The summed E-state index contributed by atoms with van der Waals surface area (Å²) in [6.45, 7) is 0. The summed E-state index contributed by atoms with van der Waals surface area (Å²) in [6.07, 6.45) is 0. The molecule has 2 aromatic carbocycles. The number of anilines is 2. The lowest BCUT2D eigenvalue weighted by atomic mass is 10.2. The van der Waals surface area contributed by atoms with Crippen LogP contribution in [0.2, 0.25) is 0 Å². The summed E-state index contributed by atoms with van der Waals surface area (Å²) in [5, 5.41) is 7.02. The van der Waals surface area contributed by atoms with Gasteiger partial charge in [0.05, 0.1) is 0 Å². The van der Waals surface area contributed by atoms with Crippen LogP contribution in [0.3, 0.4) is 0 Å². The fourth-order valence-corrected chi connectivity index (χ4v) is 2.64. The topological polar surface area (TPSA) is 71.1 Å². The largest absolute Gasteiger partial charge is 0.321 e. The molecule has 0 unspecified atom stereocenters. The third kappa shape index (κ3) is 3.82. The van der Waals surface area contributed by atoms with E-state index in [4.69, 9.17) is 0 Å². The van der Waals surface area contributed by atoms with Crippen LogP contribution in [0.25, 0.3) is 0 Å². The van der Waals surface area contributed by atoms with Crippen molar-refractivity contribution < 1.29 is 14.0 Å². The molecule has 7 heteroatoms. The van der Waals surface area contributed by atoms with Gasteiger partial charge in [0.2, 0.25) is 0 Å². The highest BCUT2D eigenvalue weighted by Crippen LogP contribution is 2.18. The average molecular weight is 341 g/mol. The van der Waals surface area contributed by atoms with Gasteiger partial charge in [0.1, 0.15) is 11.5 Å². The third-order valence-corrected chi connectivity index (χ3v) is 3.83. The van der Waals surface area contributed by atoms with E-state index in [1.807, 2.05) is 6.07 Å². The van der Waals surface area contributed by atoms with Crippen molar-refractivity contribution >= 4 is 34.0 Å². The molecule has 0 aliphatic heterocycles. The zero-order valence-electron chi connectivity index (χ0n) is 12.3. The summed E-state index contributed by atoms with van der Waals surface area (Å²) in [7, 11) is 0. The van der Waals surface area contributed by atoms with E-state index in [0.29, 0.717) is 16.4 Å². The first-order valence-corrected chi connectivity index (χ1v) is 7.88. The number of carbonyl (C=O) groups excluding carboxylic acids is 2. The molecule has 0 radical (unpaired) electrons. The van der Waals surface area contributed by atoms with E-state index in [0.717, 1.165) is 11.3 Å². The number of rotatable bonds is 4. The Morgan fingerprint density at radius 2 is 1.75 bits per heavy atom. The molecule has 5 nitrogen and oxygen atoms in total. The summed E-state index contributed by atoms with van der Waals surface area (Å²) in [6, 6.07) is 14.3. The number of hydrogen-bond donors (Lipinski definition) is 2. The normalized spacial score (nSPS) is 10.2. The van der Waals surface area contributed by atoms with E-state index < -0.39 is 11.7 Å². The van der Waals surface area contributed by atoms with E-state index in [1.54, 1.807) is 30.3 Å². The minimum absolute atomic E-state index is 0.146. The number of aromatic nitrogens is 1. The number of thiazole rings is 1. The van der Waals surface area contributed by atoms with Crippen LogP contribution >= 0.6 is 11.3 Å². The Kier molecular flexibility index (Phi) is 4.62. The molecule has 0 saturated carbocycles. The van der Waals surface area contributed by atoms with E-state index >= 15 is 0 Å². The lowest BCUT2D eigenvalue weighted by molar-refractivity contribution is 0.101. The number of nitrogens with one attached hydrogen (secondary N) is 2. The summed E-state index contributed by atoms with van der Waals surface area (Å²) in [4.78, 5) is 28.2. The van der Waals surface area contributed by atoms with E-state index in [1.165, 1.54) is 23.6 Å². The molecule has 3 aromatic rings. The molecule has 0 spiro atoms. The molecule has 0 aliphatic rings. The lowest BCUT2D eigenvalue weighted by Gasteiger charge is -2.03. The van der Waals surface area contributed by atoms with E-state index in [-0.39, 0.29) is 11.6 Å². The highest BCUT2D eigenvalue weighted by atomic mass is 32.1. The second kappa shape index (κ2) is 7.01. The molecule has 0 fully saturated rings. The van der Waals surface area contributed by atoms with E-state index in [2.05, 4.69) is 15.6 Å². The summed E-state index contributed by atoms with van der Waals surface area (Å²) < 4.78 is 13.1. The van der Waals surface area contributed by atoms with Crippen molar-refractivity contribution in [1.29, 1.82) is 0 Å². The van der Waals surface area contributed by atoms with Crippen molar-refractivity contribution in [3.05, 3.63) is 77.1 Å². The van der Waals surface area contributed by atoms with Crippen LogP contribution in [0.4, 0.5) is 15.2 Å². The second-order valence-corrected chi connectivity index (χ2v) is 5.68. The molecule has 0 saturated heterocycles. The zero-order valence-corrected chi connectivity index (χ0v) is 13.1. The Bertz CT molecular complexity index is 880. The van der Waals surface area contributed by atoms with Gasteiger partial charge in [-0.2, -0.15) is 0 Å². The van der Waals surface area contributed by atoms with Crippen LogP contribution in [-0.2, 0) is 0 Å². The molecule has 1 heterocycles. The maximum absolute atomic E-state index is 13.1. The molecule has 3 rings (SSSR count). The number of carbonyl (C=O) groups is 2. The van der Waals surface area contributed by atoms with Crippen molar-refractivity contribution in [2.45, 2.75) is 0 Å². The zero-order chi connectivity index (χ0) is 16.9. The van der Waals surface area contributed by atoms with E-state index in [9.17, 15) is 14.0 Å². The monoisotopic (exact) mass is 341 g/mol. The molecule has 2 N–H and O–H groups in total. The number of hydrogen-bond acceptors (Lipinski definition) is 4. The fourth-order valence-electron chi connectivity index (χ4n) is 1.96. The Morgan fingerprint density at radius 3 is 2.50 bits per heavy atom. The SMILES string of the molecule is O=C(Nc1nc(C(=O)Nc2cccc(F)c2)cs1)c1ccccc1. The summed E-state index contributed by atoms with van der Waals surface area (Å²) in [5.74, 6) is -1.22. The van der Waals surface area contributed by atoms with Crippen LogP contribution in [0.15, 0.2) is 60.0 Å². The molecular formula is C17H12FN3O2S. The van der Waals surface area contributed by atoms with Gasteiger partial charge in [-0.15, -0.1) is 11.3 Å². The van der Waals surface area contributed by atoms with Gasteiger partial charge < -0.3 is 5.32 Å². The molecule has 0 aliphatic carbocycles. The van der Waals surface area contributed by atoms with Gasteiger partial charge in [0.25, 0.3) is 11.8 Å². The molecule has 120 valence electrons. The van der Waals surface area contributed by atoms with Crippen molar-refractivity contribution in [3.63, 3.8) is 0 Å². The predicted octanol–water partition coefficient (Wildman–Crippen LogP) is 3.79. The quantitative estimate of drug-likeness (QED) is 0.758. The number of nitrogens with zero attached hydrogens (tertiary/aromatic N) is 1. The van der Waals surface area contributed by atoms with Crippen LogP contribution < -0.4 is 10.6 Å². The second-order valence-electron chi connectivity index (χ2n) is 4.82. The minimum atomic E-state index is -0.475. The Hall–Kier alpha value is -3.06. The molecule has 24 heavy (non-hydrogen) atoms. The highest BCUT2D eigenvalue weighted by Gasteiger charge is 2.13. The molecule has 0 atom stereocenters. The van der Waals surface area contributed by atoms with Crippen LogP contribution in [0.1, 0.15) is 20.8 Å². The van der Waals surface area contributed by atoms with Crippen LogP contribution in [-0.4, -0.2) is 16.8 Å². The van der Waals surface area contributed by atoms with Crippen molar-refractivity contribution in [1.82, 2.24) is 4.98 Å². The summed E-state index contributed by atoms with van der Waals surface area (Å²) >= 11 is 1.14.